The molecule has 0 aromatic heterocycles. The van der Waals surface area contributed by atoms with Gasteiger partial charge in [0.2, 0.25) is 0 Å². The third-order valence-corrected chi connectivity index (χ3v) is 2.43. The molecule has 1 amide bonds. The van der Waals surface area contributed by atoms with Crippen molar-refractivity contribution >= 4 is 6.09 Å². The molecular weight excluding hydrogens is 228 g/mol. The lowest BCUT2D eigenvalue weighted by molar-refractivity contribution is -0.106. The van der Waals surface area contributed by atoms with E-state index in [1.54, 1.807) is 34.6 Å². The van der Waals surface area contributed by atoms with Crippen molar-refractivity contribution in [3.8, 4) is 0 Å². The van der Waals surface area contributed by atoms with Gasteiger partial charge in [0.1, 0.15) is 5.60 Å². The normalized spacial score (nSPS) is 23.4. The molecule has 1 heterocycles. The van der Waals surface area contributed by atoms with Crippen LogP contribution in [-0.4, -0.2) is 35.6 Å². The van der Waals surface area contributed by atoms with Crippen LogP contribution in [0, 0.1) is 5.41 Å². The Hall–Kier alpha value is -0.870. The number of ether oxygens (including phenoxy) is 1. The van der Waals surface area contributed by atoms with Gasteiger partial charge in [-0.15, -0.1) is 0 Å². The fourth-order valence-electron chi connectivity index (χ4n) is 2.12. The molecule has 0 atom stereocenters. The van der Waals surface area contributed by atoms with Crippen LogP contribution in [0.4, 0.5) is 13.6 Å². The number of halogens is 2. The summed E-state index contributed by atoms with van der Waals surface area (Å²) in [7, 11) is 0. The molecule has 1 rings (SSSR count). The molecule has 0 saturated carbocycles. The SMILES string of the molecule is CC1(C)CN(C(=O)OC(C)(C)C)CC(F)(F)C1. The molecule has 0 unspecified atom stereocenters. The molecule has 17 heavy (non-hydrogen) atoms. The molecule has 1 aliphatic heterocycles. The second kappa shape index (κ2) is 4.10. The highest BCUT2D eigenvalue weighted by Gasteiger charge is 2.46. The van der Waals surface area contributed by atoms with Gasteiger partial charge in [0, 0.05) is 13.0 Å². The summed E-state index contributed by atoms with van der Waals surface area (Å²) in [6, 6.07) is 0. The van der Waals surface area contributed by atoms with E-state index in [0.717, 1.165) is 4.90 Å². The average molecular weight is 249 g/mol. The van der Waals surface area contributed by atoms with E-state index in [-0.39, 0.29) is 6.42 Å². The van der Waals surface area contributed by atoms with Gasteiger partial charge in [-0.3, -0.25) is 0 Å². The Bertz CT molecular complexity index is 292. The topological polar surface area (TPSA) is 29.5 Å². The van der Waals surface area contributed by atoms with E-state index in [1.807, 2.05) is 0 Å². The number of alkyl halides is 2. The van der Waals surface area contributed by atoms with Crippen LogP contribution in [0.15, 0.2) is 0 Å². The highest BCUT2D eigenvalue weighted by molar-refractivity contribution is 5.68. The zero-order valence-electron chi connectivity index (χ0n) is 11.1. The van der Waals surface area contributed by atoms with E-state index >= 15 is 0 Å². The van der Waals surface area contributed by atoms with Crippen LogP contribution in [0.25, 0.3) is 0 Å². The summed E-state index contributed by atoms with van der Waals surface area (Å²) < 4.78 is 32.1. The first-order valence-corrected chi connectivity index (χ1v) is 5.76. The van der Waals surface area contributed by atoms with Crippen molar-refractivity contribution in [3.05, 3.63) is 0 Å². The smallest absolute Gasteiger partial charge is 0.410 e. The number of likely N-dealkylation sites (tertiary alicyclic amines) is 1. The average Bonchev–Trinajstić information content (AvgIpc) is 1.93. The maximum absolute atomic E-state index is 13.5. The Labute approximate surface area is 101 Å². The first-order valence-electron chi connectivity index (χ1n) is 5.76. The molecule has 1 fully saturated rings. The summed E-state index contributed by atoms with van der Waals surface area (Å²) in [5.74, 6) is -2.83. The summed E-state index contributed by atoms with van der Waals surface area (Å²) >= 11 is 0. The predicted molar refractivity (Wildman–Crippen MR) is 61.2 cm³/mol. The third kappa shape index (κ3) is 4.48. The lowest BCUT2D eigenvalue weighted by Crippen LogP contribution is -2.53. The van der Waals surface area contributed by atoms with Gasteiger partial charge >= 0.3 is 6.09 Å². The van der Waals surface area contributed by atoms with E-state index in [9.17, 15) is 13.6 Å². The van der Waals surface area contributed by atoms with E-state index < -0.39 is 29.6 Å². The highest BCUT2D eigenvalue weighted by Crippen LogP contribution is 2.38. The van der Waals surface area contributed by atoms with Gasteiger partial charge in [0.05, 0.1) is 6.54 Å². The second-order valence-electron chi connectivity index (χ2n) is 6.53. The van der Waals surface area contributed by atoms with Crippen molar-refractivity contribution in [2.75, 3.05) is 13.1 Å². The molecule has 0 aromatic rings. The van der Waals surface area contributed by atoms with Crippen LogP contribution in [0.3, 0.4) is 0 Å². The molecule has 5 heteroatoms. The number of rotatable bonds is 0. The predicted octanol–water partition coefficient (Wildman–Crippen LogP) is 3.29. The van der Waals surface area contributed by atoms with Gasteiger partial charge in [-0.2, -0.15) is 0 Å². The molecule has 1 saturated heterocycles. The Morgan fingerprint density at radius 1 is 1.24 bits per heavy atom. The van der Waals surface area contributed by atoms with Crippen LogP contribution >= 0.6 is 0 Å². The molecule has 3 nitrogen and oxygen atoms in total. The van der Waals surface area contributed by atoms with Crippen LogP contribution < -0.4 is 0 Å². The summed E-state index contributed by atoms with van der Waals surface area (Å²) in [4.78, 5) is 12.9. The van der Waals surface area contributed by atoms with Gasteiger partial charge in [-0.25, -0.2) is 13.6 Å². The fourth-order valence-corrected chi connectivity index (χ4v) is 2.12. The fraction of sp³-hybridized carbons (Fsp3) is 0.917. The summed E-state index contributed by atoms with van der Waals surface area (Å²) in [5.41, 5.74) is -1.24. The molecule has 100 valence electrons. The van der Waals surface area contributed by atoms with Crippen LogP contribution in [0.2, 0.25) is 0 Å². The lowest BCUT2D eigenvalue weighted by Gasteiger charge is -2.42. The first-order chi connectivity index (χ1) is 7.40. The number of hydrogen-bond donors (Lipinski definition) is 0. The molecule has 0 spiro atoms. The van der Waals surface area contributed by atoms with Crippen LogP contribution in [0.1, 0.15) is 41.0 Å². The van der Waals surface area contributed by atoms with Gasteiger partial charge < -0.3 is 9.64 Å². The van der Waals surface area contributed by atoms with Gasteiger partial charge in [-0.1, -0.05) is 13.8 Å². The molecule has 0 N–H and O–H groups in total. The molecule has 0 aromatic carbocycles. The second-order valence-corrected chi connectivity index (χ2v) is 6.53. The molecule has 0 radical (unpaired) electrons. The first kappa shape index (κ1) is 14.2. The van der Waals surface area contributed by atoms with Crippen LogP contribution in [-0.2, 0) is 4.74 Å². The van der Waals surface area contributed by atoms with Gasteiger partial charge in [0.25, 0.3) is 5.92 Å². The molecule has 1 aliphatic rings. The number of carbonyl (C=O) groups excluding carboxylic acids is 1. The van der Waals surface area contributed by atoms with Crippen molar-refractivity contribution in [1.82, 2.24) is 4.90 Å². The van der Waals surface area contributed by atoms with E-state index in [4.69, 9.17) is 4.74 Å². The maximum Gasteiger partial charge on any atom is 0.410 e. The zero-order valence-corrected chi connectivity index (χ0v) is 11.1. The number of piperidine rings is 1. The summed E-state index contributed by atoms with van der Waals surface area (Å²) in [5, 5.41) is 0. The molecular formula is C12H21F2NO2. The monoisotopic (exact) mass is 249 g/mol. The Morgan fingerprint density at radius 2 is 1.76 bits per heavy atom. The minimum Gasteiger partial charge on any atom is -0.444 e. The Morgan fingerprint density at radius 3 is 2.18 bits per heavy atom. The summed E-state index contributed by atoms with van der Waals surface area (Å²) in [6.45, 7) is 8.38. The number of carbonyl (C=O) groups is 1. The number of nitrogens with zero attached hydrogens (tertiary/aromatic N) is 1. The van der Waals surface area contributed by atoms with E-state index in [1.165, 1.54) is 0 Å². The standard InChI is InChI=1S/C12H21F2NO2/c1-10(2,3)17-9(16)15-7-11(4,5)6-12(13,14)8-15/h6-8H2,1-5H3. The quantitative estimate of drug-likeness (QED) is 0.659. The van der Waals surface area contributed by atoms with Crippen LogP contribution in [0.5, 0.6) is 0 Å². The van der Waals surface area contributed by atoms with Crippen molar-refractivity contribution in [3.63, 3.8) is 0 Å². The Balaban J connectivity index is 2.74. The summed E-state index contributed by atoms with van der Waals surface area (Å²) in [6.07, 6.45) is -0.857. The lowest BCUT2D eigenvalue weighted by atomic mass is 9.82. The van der Waals surface area contributed by atoms with Crippen molar-refractivity contribution in [1.29, 1.82) is 0 Å². The van der Waals surface area contributed by atoms with Crippen molar-refractivity contribution in [2.45, 2.75) is 52.6 Å². The van der Waals surface area contributed by atoms with Crippen molar-refractivity contribution < 1.29 is 18.3 Å². The van der Waals surface area contributed by atoms with E-state index in [0.29, 0.717) is 6.54 Å². The number of hydrogen-bond acceptors (Lipinski definition) is 2. The largest absolute Gasteiger partial charge is 0.444 e. The van der Waals surface area contributed by atoms with Gasteiger partial charge in [-0.05, 0) is 26.2 Å². The van der Waals surface area contributed by atoms with E-state index in [2.05, 4.69) is 0 Å². The maximum atomic E-state index is 13.5. The Kier molecular flexibility index (Phi) is 3.43. The molecule has 0 bridgehead atoms. The zero-order chi connectivity index (χ0) is 13.5. The van der Waals surface area contributed by atoms with Crippen molar-refractivity contribution in [2.24, 2.45) is 5.41 Å². The minimum atomic E-state index is -2.83. The van der Waals surface area contributed by atoms with Gasteiger partial charge in [0.15, 0.2) is 0 Å². The molecule has 0 aliphatic carbocycles. The minimum absolute atomic E-state index is 0.195. The number of amides is 1. The highest BCUT2D eigenvalue weighted by atomic mass is 19.3. The third-order valence-electron chi connectivity index (χ3n) is 2.43.